The van der Waals surface area contributed by atoms with Crippen molar-refractivity contribution in [2.75, 3.05) is 7.11 Å². The summed E-state index contributed by atoms with van der Waals surface area (Å²) in [5, 5.41) is 31.6. The SMILES string of the molecule is COc1ccc(Cc2n[nH]c(=S)n2/N=C\c2ccc(O)c([N+](=O)[O-])c2)cc1. The predicted molar refractivity (Wildman–Crippen MR) is 101 cm³/mol. The number of hydrogen-bond acceptors (Lipinski definition) is 7. The summed E-state index contributed by atoms with van der Waals surface area (Å²) in [6.45, 7) is 0. The zero-order valence-electron chi connectivity index (χ0n) is 14.2. The zero-order chi connectivity index (χ0) is 19.4. The number of nitro benzene ring substituents is 1. The number of aromatic amines is 1. The van der Waals surface area contributed by atoms with E-state index in [-0.39, 0.29) is 0 Å². The molecule has 0 aliphatic carbocycles. The molecule has 0 aliphatic heterocycles. The Kier molecular flexibility index (Phi) is 5.27. The van der Waals surface area contributed by atoms with E-state index in [0.29, 0.717) is 22.6 Å². The molecule has 0 saturated carbocycles. The molecule has 27 heavy (non-hydrogen) atoms. The van der Waals surface area contributed by atoms with E-state index in [9.17, 15) is 15.2 Å². The van der Waals surface area contributed by atoms with Gasteiger partial charge >= 0.3 is 5.69 Å². The van der Waals surface area contributed by atoms with Gasteiger partial charge in [0.05, 0.1) is 18.2 Å². The summed E-state index contributed by atoms with van der Waals surface area (Å²) in [5.41, 5.74) is 1.03. The number of phenolic OH excluding ortho intramolecular Hbond substituents is 1. The number of ether oxygens (including phenoxy) is 1. The molecule has 0 fully saturated rings. The first-order valence-electron chi connectivity index (χ1n) is 7.79. The Hall–Kier alpha value is -3.53. The number of nitrogens with zero attached hydrogens (tertiary/aromatic N) is 4. The standard InChI is InChI=1S/C17H15N5O4S/c1-26-13-5-2-11(3-6-13)9-16-19-20-17(27)21(16)18-10-12-4-7-15(23)14(8-12)22(24)25/h2-8,10,23H,9H2,1H3,(H,20,27)/b18-10-. The molecule has 10 heteroatoms. The molecule has 3 aromatic rings. The highest BCUT2D eigenvalue weighted by Gasteiger charge is 2.13. The fourth-order valence-electron chi connectivity index (χ4n) is 2.38. The van der Waals surface area contributed by atoms with Crippen LogP contribution in [0.4, 0.5) is 5.69 Å². The van der Waals surface area contributed by atoms with Crippen molar-refractivity contribution >= 4 is 24.1 Å². The van der Waals surface area contributed by atoms with Crippen LogP contribution in [0.5, 0.6) is 11.5 Å². The molecule has 0 radical (unpaired) electrons. The van der Waals surface area contributed by atoms with Crippen molar-refractivity contribution in [2.45, 2.75) is 6.42 Å². The van der Waals surface area contributed by atoms with E-state index in [4.69, 9.17) is 17.0 Å². The molecule has 9 nitrogen and oxygen atoms in total. The first-order chi connectivity index (χ1) is 13.0. The van der Waals surface area contributed by atoms with E-state index in [1.54, 1.807) is 7.11 Å². The van der Waals surface area contributed by atoms with Gasteiger partial charge in [0.2, 0.25) is 4.77 Å². The monoisotopic (exact) mass is 385 g/mol. The van der Waals surface area contributed by atoms with Crippen molar-refractivity contribution in [2.24, 2.45) is 5.10 Å². The summed E-state index contributed by atoms with van der Waals surface area (Å²) < 4.78 is 6.87. The normalized spacial score (nSPS) is 11.0. The van der Waals surface area contributed by atoms with Crippen LogP contribution in [0.2, 0.25) is 0 Å². The molecule has 138 valence electrons. The molecule has 3 rings (SSSR count). The average molecular weight is 385 g/mol. The van der Waals surface area contributed by atoms with Crippen LogP contribution in [-0.4, -0.2) is 38.2 Å². The molecule has 2 N–H and O–H groups in total. The van der Waals surface area contributed by atoms with Gasteiger partial charge in [-0.1, -0.05) is 12.1 Å². The minimum absolute atomic E-state index is 0.294. The lowest BCUT2D eigenvalue weighted by Gasteiger charge is -2.03. The van der Waals surface area contributed by atoms with Crippen molar-refractivity contribution in [1.29, 1.82) is 0 Å². The fourth-order valence-corrected chi connectivity index (χ4v) is 2.57. The van der Waals surface area contributed by atoms with Crippen molar-refractivity contribution < 1.29 is 14.8 Å². The number of benzene rings is 2. The van der Waals surface area contributed by atoms with E-state index in [1.165, 1.54) is 29.1 Å². The summed E-state index contributed by atoms with van der Waals surface area (Å²) in [6.07, 6.45) is 1.89. The second-order valence-electron chi connectivity index (χ2n) is 5.53. The van der Waals surface area contributed by atoms with Crippen molar-refractivity contribution in [3.05, 3.63) is 74.3 Å². The lowest BCUT2D eigenvalue weighted by molar-refractivity contribution is -0.385. The third kappa shape index (κ3) is 4.18. The smallest absolute Gasteiger partial charge is 0.311 e. The highest BCUT2D eigenvalue weighted by atomic mass is 32.1. The lowest BCUT2D eigenvalue weighted by atomic mass is 10.1. The van der Waals surface area contributed by atoms with Gasteiger partial charge in [-0.25, -0.2) is 0 Å². The Morgan fingerprint density at radius 2 is 2.11 bits per heavy atom. The van der Waals surface area contributed by atoms with Gasteiger partial charge in [-0.3, -0.25) is 15.2 Å². The number of aromatic nitrogens is 3. The van der Waals surface area contributed by atoms with Crippen LogP contribution < -0.4 is 4.74 Å². The van der Waals surface area contributed by atoms with Gasteiger partial charge < -0.3 is 9.84 Å². The Bertz CT molecular complexity index is 1060. The predicted octanol–water partition coefficient (Wildman–Crippen LogP) is 3.04. The highest BCUT2D eigenvalue weighted by molar-refractivity contribution is 7.71. The Morgan fingerprint density at radius 1 is 1.37 bits per heavy atom. The minimum atomic E-state index is -0.661. The van der Waals surface area contributed by atoms with E-state index in [1.807, 2.05) is 24.3 Å². The van der Waals surface area contributed by atoms with Gasteiger partial charge in [0.1, 0.15) is 5.75 Å². The molecular weight excluding hydrogens is 370 g/mol. The van der Waals surface area contributed by atoms with Crippen LogP contribution in [0.25, 0.3) is 0 Å². The van der Waals surface area contributed by atoms with Crippen LogP contribution in [-0.2, 0) is 6.42 Å². The zero-order valence-corrected chi connectivity index (χ0v) is 15.0. The van der Waals surface area contributed by atoms with Crippen LogP contribution in [0.1, 0.15) is 17.0 Å². The second kappa shape index (κ2) is 7.79. The summed E-state index contributed by atoms with van der Waals surface area (Å²) in [5.74, 6) is 0.927. The van der Waals surface area contributed by atoms with Gasteiger partial charge in [-0.15, -0.1) is 0 Å². The first kappa shape index (κ1) is 18.3. The molecule has 1 aromatic heterocycles. The number of aromatic hydroxyl groups is 1. The second-order valence-corrected chi connectivity index (χ2v) is 5.92. The molecule has 0 amide bonds. The van der Waals surface area contributed by atoms with Crippen LogP contribution in [0, 0.1) is 14.9 Å². The number of nitrogens with one attached hydrogen (secondary N) is 1. The number of methoxy groups -OCH3 is 1. The summed E-state index contributed by atoms with van der Waals surface area (Å²) in [6, 6.07) is 11.5. The van der Waals surface area contributed by atoms with Crippen molar-refractivity contribution in [3.8, 4) is 11.5 Å². The third-order valence-electron chi connectivity index (χ3n) is 3.76. The topological polar surface area (TPSA) is 119 Å². The molecule has 0 bridgehead atoms. The van der Waals surface area contributed by atoms with Crippen LogP contribution in [0.3, 0.4) is 0 Å². The summed E-state index contributed by atoms with van der Waals surface area (Å²) in [4.78, 5) is 10.3. The van der Waals surface area contributed by atoms with Gasteiger partial charge in [0.15, 0.2) is 11.6 Å². The molecule has 0 unspecified atom stereocenters. The van der Waals surface area contributed by atoms with E-state index in [2.05, 4.69) is 15.3 Å². The Labute approximate surface area is 158 Å². The number of hydrogen-bond donors (Lipinski definition) is 2. The lowest BCUT2D eigenvalue weighted by Crippen LogP contribution is -2.01. The van der Waals surface area contributed by atoms with E-state index >= 15 is 0 Å². The maximum absolute atomic E-state index is 10.9. The average Bonchev–Trinajstić information content (AvgIpc) is 3.01. The molecule has 1 heterocycles. The van der Waals surface area contributed by atoms with Crippen molar-refractivity contribution in [3.63, 3.8) is 0 Å². The van der Waals surface area contributed by atoms with Crippen molar-refractivity contribution in [1.82, 2.24) is 14.9 Å². The molecule has 0 atom stereocenters. The maximum Gasteiger partial charge on any atom is 0.311 e. The quantitative estimate of drug-likeness (QED) is 0.291. The number of H-pyrrole nitrogens is 1. The van der Waals surface area contributed by atoms with Gasteiger partial charge in [-0.2, -0.15) is 14.9 Å². The van der Waals surface area contributed by atoms with E-state index < -0.39 is 16.4 Å². The summed E-state index contributed by atoms with van der Waals surface area (Å²) >= 11 is 5.20. The molecule has 0 aliphatic rings. The number of nitro groups is 1. The third-order valence-corrected chi connectivity index (χ3v) is 4.02. The number of rotatable bonds is 6. The van der Waals surface area contributed by atoms with Crippen LogP contribution >= 0.6 is 12.2 Å². The molecule has 2 aromatic carbocycles. The first-order valence-corrected chi connectivity index (χ1v) is 8.19. The Balaban J connectivity index is 1.86. The summed E-state index contributed by atoms with van der Waals surface area (Å²) in [7, 11) is 1.60. The molecule has 0 spiro atoms. The largest absolute Gasteiger partial charge is 0.502 e. The molecule has 0 saturated heterocycles. The highest BCUT2D eigenvalue weighted by Crippen LogP contribution is 2.25. The Morgan fingerprint density at radius 3 is 2.78 bits per heavy atom. The van der Waals surface area contributed by atoms with Gasteiger partial charge in [0.25, 0.3) is 0 Å². The fraction of sp³-hybridized carbons (Fsp3) is 0.118. The number of phenols is 1. The molecular formula is C17H15N5O4S. The minimum Gasteiger partial charge on any atom is -0.502 e. The van der Waals surface area contributed by atoms with Gasteiger partial charge in [-0.05, 0) is 42.0 Å². The van der Waals surface area contributed by atoms with E-state index in [0.717, 1.165) is 11.3 Å². The maximum atomic E-state index is 10.9. The van der Waals surface area contributed by atoms with Crippen LogP contribution in [0.15, 0.2) is 47.6 Å². The van der Waals surface area contributed by atoms with Gasteiger partial charge in [0, 0.05) is 18.1 Å².